The van der Waals surface area contributed by atoms with Gasteiger partial charge in [-0.05, 0) is 68.8 Å². The molecule has 0 saturated carbocycles. The molecule has 1 aromatic carbocycles. The average Bonchev–Trinajstić information content (AvgIpc) is 3.16. The quantitative estimate of drug-likeness (QED) is 0.648. The molecule has 0 spiro atoms. The number of piperidine rings is 1. The number of benzene rings is 1. The number of thioether (sulfide) groups is 1. The third-order valence-electron chi connectivity index (χ3n) is 5.30. The van der Waals surface area contributed by atoms with Crippen molar-refractivity contribution in [3.05, 3.63) is 66.1 Å². The van der Waals surface area contributed by atoms with Crippen molar-refractivity contribution in [1.82, 2.24) is 19.6 Å². The molecule has 1 aliphatic rings. The molecule has 0 radical (unpaired) electrons. The van der Waals surface area contributed by atoms with E-state index in [1.54, 1.807) is 11.8 Å². The fourth-order valence-electron chi connectivity index (χ4n) is 3.72. The lowest BCUT2D eigenvalue weighted by Crippen LogP contribution is -2.40. The molecule has 0 unspecified atom stereocenters. The molecule has 0 aliphatic carbocycles. The number of hydrogen-bond donors (Lipinski definition) is 1. The maximum Gasteiger partial charge on any atom is 0.253 e. The van der Waals surface area contributed by atoms with Gasteiger partial charge in [-0.1, -0.05) is 6.07 Å². The van der Waals surface area contributed by atoms with Crippen LogP contribution >= 0.6 is 11.8 Å². The largest absolute Gasteiger partial charge is 0.339 e. The second-order valence-corrected chi connectivity index (χ2v) is 8.35. The smallest absolute Gasteiger partial charge is 0.253 e. The van der Waals surface area contributed by atoms with Gasteiger partial charge in [-0.2, -0.15) is 0 Å². The summed E-state index contributed by atoms with van der Waals surface area (Å²) >= 11 is 1.74. The lowest BCUT2D eigenvalue weighted by molar-refractivity contribution is 0.0691. The SMILES string of the molecule is CNCC1CCN(C(=O)c2ccc(SCc3cn4ccccc4n3)cc2)CC1. The van der Waals surface area contributed by atoms with Crippen molar-refractivity contribution in [3.63, 3.8) is 0 Å². The first kappa shape index (κ1) is 19.0. The Labute approximate surface area is 170 Å². The van der Waals surface area contributed by atoms with Crippen molar-refractivity contribution in [1.29, 1.82) is 0 Å². The molecule has 146 valence electrons. The normalized spacial score (nSPS) is 15.2. The van der Waals surface area contributed by atoms with Gasteiger partial charge in [0, 0.05) is 41.7 Å². The third kappa shape index (κ3) is 4.39. The second kappa shape index (κ2) is 8.80. The number of nitrogens with zero attached hydrogens (tertiary/aromatic N) is 3. The van der Waals surface area contributed by atoms with Crippen LogP contribution in [0.25, 0.3) is 5.65 Å². The number of aromatic nitrogens is 2. The van der Waals surface area contributed by atoms with E-state index in [2.05, 4.69) is 16.5 Å². The fourth-order valence-corrected chi connectivity index (χ4v) is 4.50. The van der Waals surface area contributed by atoms with E-state index in [0.29, 0.717) is 5.92 Å². The van der Waals surface area contributed by atoms with Crippen molar-refractivity contribution in [3.8, 4) is 0 Å². The highest BCUT2D eigenvalue weighted by Crippen LogP contribution is 2.24. The second-order valence-electron chi connectivity index (χ2n) is 7.30. The zero-order valence-electron chi connectivity index (χ0n) is 16.2. The highest BCUT2D eigenvalue weighted by molar-refractivity contribution is 7.98. The van der Waals surface area contributed by atoms with Gasteiger partial charge in [-0.3, -0.25) is 4.79 Å². The number of amides is 1. The number of carbonyl (C=O) groups excluding carboxylic acids is 1. The molecule has 0 bridgehead atoms. The van der Waals surface area contributed by atoms with Crippen LogP contribution in [-0.2, 0) is 5.75 Å². The standard InChI is InChI=1S/C22H26N4OS/c1-23-14-17-9-12-25(13-10-17)22(27)18-5-7-20(8-6-18)28-16-19-15-26-11-3-2-4-21(26)24-19/h2-8,11,15,17,23H,9-10,12-14,16H2,1H3. The van der Waals surface area contributed by atoms with Crippen molar-refractivity contribution >= 4 is 23.3 Å². The van der Waals surface area contributed by atoms with E-state index in [-0.39, 0.29) is 5.91 Å². The van der Waals surface area contributed by atoms with Crippen LogP contribution in [-0.4, -0.2) is 46.9 Å². The van der Waals surface area contributed by atoms with E-state index < -0.39 is 0 Å². The van der Waals surface area contributed by atoms with E-state index in [9.17, 15) is 4.79 Å². The highest BCUT2D eigenvalue weighted by Gasteiger charge is 2.23. The molecule has 1 saturated heterocycles. The maximum atomic E-state index is 12.7. The number of likely N-dealkylation sites (tertiary alicyclic amines) is 1. The molecule has 1 fully saturated rings. The Kier molecular flexibility index (Phi) is 5.98. The number of fused-ring (bicyclic) bond motifs is 1. The van der Waals surface area contributed by atoms with Gasteiger partial charge in [0.15, 0.2) is 0 Å². The molecule has 0 atom stereocenters. The molecule has 1 N–H and O–H groups in total. The van der Waals surface area contributed by atoms with E-state index in [1.165, 1.54) is 0 Å². The van der Waals surface area contributed by atoms with Gasteiger partial charge in [0.25, 0.3) is 5.91 Å². The minimum Gasteiger partial charge on any atom is -0.339 e. The van der Waals surface area contributed by atoms with Gasteiger partial charge >= 0.3 is 0 Å². The summed E-state index contributed by atoms with van der Waals surface area (Å²) in [6.07, 6.45) is 6.25. The van der Waals surface area contributed by atoms with Crippen LogP contribution in [0.3, 0.4) is 0 Å². The minimum atomic E-state index is 0.153. The van der Waals surface area contributed by atoms with Crippen LogP contribution in [0.1, 0.15) is 28.9 Å². The van der Waals surface area contributed by atoms with Gasteiger partial charge in [0.2, 0.25) is 0 Å². The average molecular weight is 395 g/mol. The predicted octanol–water partition coefficient (Wildman–Crippen LogP) is 3.70. The lowest BCUT2D eigenvalue weighted by atomic mass is 9.96. The van der Waals surface area contributed by atoms with Crippen molar-refractivity contribution in [2.24, 2.45) is 5.92 Å². The van der Waals surface area contributed by atoms with Crippen LogP contribution in [0.2, 0.25) is 0 Å². The van der Waals surface area contributed by atoms with E-state index in [4.69, 9.17) is 0 Å². The summed E-state index contributed by atoms with van der Waals surface area (Å²) in [6.45, 7) is 2.76. The number of carbonyl (C=O) groups is 1. The molecule has 28 heavy (non-hydrogen) atoms. The summed E-state index contributed by atoms with van der Waals surface area (Å²) < 4.78 is 2.04. The summed E-state index contributed by atoms with van der Waals surface area (Å²) in [5.41, 5.74) is 2.81. The Morgan fingerprint density at radius 1 is 1.18 bits per heavy atom. The Balaban J connectivity index is 1.32. The molecule has 3 aromatic rings. The molecule has 6 heteroatoms. The molecule has 1 aliphatic heterocycles. The van der Waals surface area contributed by atoms with E-state index >= 15 is 0 Å². The monoisotopic (exact) mass is 394 g/mol. The summed E-state index contributed by atoms with van der Waals surface area (Å²) in [6, 6.07) is 14.0. The molecule has 5 nitrogen and oxygen atoms in total. The first-order valence-corrected chi connectivity index (χ1v) is 10.8. The zero-order valence-corrected chi connectivity index (χ0v) is 17.0. The van der Waals surface area contributed by atoms with Crippen molar-refractivity contribution in [2.75, 3.05) is 26.7 Å². The summed E-state index contributed by atoms with van der Waals surface area (Å²) in [5.74, 6) is 1.65. The fraction of sp³-hybridized carbons (Fsp3) is 0.364. The van der Waals surface area contributed by atoms with Crippen LogP contribution in [0.15, 0.2) is 59.8 Å². The number of hydrogen-bond acceptors (Lipinski definition) is 4. The van der Waals surface area contributed by atoms with Crippen LogP contribution < -0.4 is 5.32 Å². The number of pyridine rings is 1. The van der Waals surface area contributed by atoms with Gasteiger partial charge in [0.1, 0.15) is 5.65 Å². The van der Waals surface area contributed by atoms with Gasteiger partial charge < -0.3 is 14.6 Å². The summed E-state index contributed by atoms with van der Waals surface area (Å²) in [7, 11) is 1.99. The number of rotatable bonds is 6. The Bertz CT molecular complexity index is 896. The number of nitrogens with one attached hydrogen (secondary N) is 1. The zero-order chi connectivity index (χ0) is 19.3. The van der Waals surface area contributed by atoms with Crippen molar-refractivity contribution < 1.29 is 4.79 Å². The molecule has 3 heterocycles. The molecular formula is C22H26N4OS. The Morgan fingerprint density at radius 2 is 1.96 bits per heavy atom. The lowest BCUT2D eigenvalue weighted by Gasteiger charge is -2.32. The molecule has 2 aromatic heterocycles. The van der Waals surface area contributed by atoms with Gasteiger partial charge in [0.05, 0.1) is 5.69 Å². The molecular weight excluding hydrogens is 368 g/mol. The van der Waals surface area contributed by atoms with Crippen LogP contribution in [0.4, 0.5) is 0 Å². The summed E-state index contributed by atoms with van der Waals surface area (Å²) in [5, 5.41) is 3.24. The topological polar surface area (TPSA) is 49.6 Å². The van der Waals surface area contributed by atoms with Crippen LogP contribution in [0, 0.1) is 5.92 Å². The van der Waals surface area contributed by atoms with Gasteiger partial charge in [-0.25, -0.2) is 4.98 Å². The predicted molar refractivity (Wildman–Crippen MR) is 114 cm³/mol. The Hall–Kier alpha value is -2.31. The van der Waals surface area contributed by atoms with Gasteiger partial charge in [-0.15, -0.1) is 11.8 Å². The van der Waals surface area contributed by atoms with Crippen LogP contribution in [0.5, 0.6) is 0 Å². The number of imidazole rings is 1. The first-order valence-electron chi connectivity index (χ1n) is 9.82. The minimum absolute atomic E-state index is 0.153. The third-order valence-corrected chi connectivity index (χ3v) is 6.34. The first-order chi connectivity index (χ1) is 13.7. The highest BCUT2D eigenvalue weighted by atomic mass is 32.2. The van der Waals surface area contributed by atoms with E-state index in [0.717, 1.165) is 60.0 Å². The molecule has 1 amide bonds. The summed E-state index contributed by atoms with van der Waals surface area (Å²) in [4.78, 5) is 20.5. The Morgan fingerprint density at radius 3 is 2.68 bits per heavy atom. The van der Waals surface area contributed by atoms with E-state index in [1.807, 2.05) is 65.0 Å². The molecule has 4 rings (SSSR count). The maximum absolute atomic E-state index is 12.7. The van der Waals surface area contributed by atoms with Crippen molar-refractivity contribution in [2.45, 2.75) is 23.5 Å².